The number of hydrogen-bond donors (Lipinski definition) is 0. The van der Waals surface area contributed by atoms with Crippen LogP contribution in [-0.2, 0) is 29.4 Å². The number of aromatic nitrogens is 1. The summed E-state index contributed by atoms with van der Waals surface area (Å²) in [6, 6.07) is 9.62. The van der Waals surface area contributed by atoms with E-state index in [1.54, 1.807) is 24.4 Å². The van der Waals surface area contributed by atoms with Crippen molar-refractivity contribution < 1.29 is 28.2 Å². The molecule has 0 unspecified atom stereocenters. The average molecular weight is 401 g/mol. The summed E-state index contributed by atoms with van der Waals surface area (Å²) in [5, 5.41) is 0. The van der Waals surface area contributed by atoms with Crippen LogP contribution in [-0.4, -0.2) is 36.5 Å². The lowest BCUT2D eigenvalue weighted by atomic mass is 9.74. The summed E-state index contributed by atoms with van der Waals surface area (Å²) in [6.07, 6.45) is 5.26. The molecule has 0 saturated heterocycles. The van der Waals surface area contributed by atoms with Crippen LogP contribution in [0, 0.1) is 11.7 Å². The fourth-order valence-corrected chi connectivity index (χ4v) is 4.17. The van der Waals surface area contributed by atoms with Gasteiger partial charge in [0.05, 0.1) is 14.2 Å². The molecule has 6 nitrogen and oxygen atoms in total. The first kappa shape index (κ1) is 20.8. The van der Waals surface area contributed by atoms with Crippen LogP contribution in [0.15, 0.2) is 42.6 Å². The lowest BCUT2D eigenvalue weighted by Gasteiger charge is -2.40. The smallest absolute Gasteiger partial charge is 0.327 e. The van der Waals surface area contributed by atoms with Crippen LogP contribution < -0.4 is 0 Å². The van der Waals surface area contributed by atoms with E-state index in [9.17, 15) is 18.8 Å². The second-order valence-electron chi connectivity index (χ2n) is 7.21. The standard InChI is InChI=1S/C22H24FNO5/c1-28-20(26)18(21(27)29-2)19(25)22(12-4-3-5-13-22)24-14-6-7-17(24)15-8-10-16(23)11-9-15/h6-11,14,18H,3-5,12-13H2,1-2H3. The highest BCUT2D eigenvalue weighted by molar-refractivity contribution is 6.17. The SMILES string of the molecule is COC(=O)C(C(=O)OC)C(=O)C1(n2cccc2-c2ccc(F)cc2)CCCCC1. The Morgan fingerprint density at radius 2 is 1.55 bits per heavy atom. The molecule has 0 bridgehead atoms. The van der Waals surface area contributed by atoms with Crippen molar-refractivity contribution in [3.05, 3.63) is 48.4 Å². The number of carbonyl (C=O) groups excluding carboxylic acids is 3. The van der Waals surface area contributed by atoms with Crippen molar-refractivity contribution in [1.29, 1.82) is 0 Å². The Morgan fingerprint density at radius 1 is 0.966 bits per heavy atom. The monoisotopic (exact) mass is 401 g/mol. The molecule has 0 radical (unpaired) electrons. The third kappa shape index (κ3) is 3.81. The molecule has 154 valence electrons. The molecule has 1 saturated carbocycles. The molecule has 1 aromatic heterocycles. The molecular weight excluding hydrogens is 377 g/mol. The minimum Gasteiger partial charge on any atom is -0.468 e. The number of benzene rings is 1. The van der Waals surface area contributed by atoms with E-state index in [1.165, 1.54) is 12.1 Å². The van der Waals surface area contributed by atoms with Gasteiger partial charge in [-0.2, -0.15) is 0 Å². The fraction of sp³-hybridized carbons (Fsp3) is 0.409. The summed E-state index contributed by atoms with van der Waals surface area (Å²) >= 11 is 0. The summed E-state index contributed by atoms with van der Waals surface area (Å²) in [5.74, 6) is -4.39. The second kappa shape index (κ2) is 8.59. The van der Waals surface area contributed by atoms with Crippen LogP contribution in [0.25, 0.3) is 11.3 Å². The highest BCUT2D eigenvalue weighted by atomic mass is 19.1. The van der Waals surface area contributed by atoms with Gasteiger partial charge in [0, 0.05) is 11.9 Å². The molecule has 1 heterocycles. The molecule has 1 aromatic carbocycles. The average Bonchev–Trinajstić information content (AvgIpc) is 3.25. The predicted molar refractivity (Wildman–Crippen MR) is 103 cm³/mol. The zero-order chi connectivity index (χ0) is 21.0. The topological polar surface area (TPSA) is 74.6 Å². The van der Waals surface area contributed by atoms with Crippen molar-refractivity contribution in [1.82, 2.24) is 4.57 Å². The van der Waals surface area contributed by atoms with Crippen molar-refractivity contribution in [2.45, 2.75) is 37.6 Å². The lowest BCUT2D eigenvalue weighted by Crippen LogP contribution is -2.51. The number of nitrogens with zero attached hydrogens (tertiary/aromatic N) is 1. The predicted octanol–water partition coefficient (Wildman–Crippen LogP) is 3.48. The summed E-state index contributed by atoms with van der Waals surface area (Å²) < 4.78 is 24.7. The van der Waals surface area contributed by atoms with Crippen LogP contribution >= 0.6 is 0 Å². The molecule has 1 aliphatic rings. The van der Waals surface area contributed by atoms with E-state index in [4.69, 9.17) is 9.47 Å². The van der Waals surface area contributed by atoms with Gasteiger partial charge in [-0.05, 0) is 54.8 Å². The fourth-order valence-electron chi connectivity index (χ4n) is 4.17. The van der Waals surface area contributed by atoms with Crippen LogP contribution in [0.2, 0.25) is 0 Å². The van der Waals surface area contributed by atoms with E-state index in [1.807, 2.05) is 10.6 Å². The highest BCUT2D eigenvalue weighted by Gasteiger charge is 2.50. The normalized spacial score (nSPS) is 15.7. The zero-order valence-electron chi connectivity index (χ0n) is 16.5. The molecule has 2 aromatic rings. The van der Waals surface area contributed by atoms with Crippen molar-refractivity contribution in [2.75, 3.05) is 14.2 Å². The maximum absolute atomic E-state index is 13.7. The third-order valence-corrected chi connectivity index (χ3v) is 5.63. The molecule has 1 aliphatic carbocycles. The summed E-state index contributed by atoms with van der Waals surface area (Å²) in [5.41, 5.74) is 0.369. The summed E-state index contributed by atoms with van der Waals surface area (Å²) in [6.45, 7) is 0. The van der Waals surface area contributed by atoms with Crippen LogP contribution in [0.5, 0.6) is 0 Å². The van der Waals surface area contributed by atoms with E-state index in [0.29, 0.717) is 18.5 Å². The number of hydrogen-bond acceptors (Lipinski definition) is 5. The highest BCUT2D eigenvalue weighted by Crippen LogP contribution is 2.41. The quantitative estimate of drug-likeness (QED) is 0.547. The maximum Gasteiger partial charge on any atom is 0.327 e. The van der Waals surface area contributed by atoms with Crippen molar-refractivity contribution in [3.8, 4) is 11.3 Å². The van der Waals surface area contributed by atoms with E-state index < -0.39 is 29.2 Å². The minimum atomic E-state index is -1.65. The molecule has 0 aliphatic heterocycles. The van der Waals surface area contributed by atoms with E-state index in [-0.39, 0.29) is 5.82 Å². The van der Waals surface area contributed by atoms with Gasteiger partial charge >= 0.3 is 11.9 Å². The number of ketones is 1. The summed E-state index contributed by atoms with van der Waals surface area (Å²) in [7, 11) is 2.28. The van der Waals surface area contributed by atoms with Crippen molar-refractivity contribution in [2.24, 2.45) is 5.92 Å². The Balaban J connectivity index is 2.12. The molecule has 0 N–H and O–H groups in total. The van der Waals surface area contributed by atoms with E-state index in [0.717, 1.165) is 39.0 Å². The van der Waals surface area contributed by atoms with Crippen LogP contribution in [0.1, 0.15) is 32.1 Å². The molecule has 3 rings (SSSR count). The number of ether oxygens (including phenoxy) is 2. The van der Waals surface area contributed by atoms with Crippen LogP contribution in [0.3, 0.4) is 0 Å². The van der Waals surface area contributed by atoms with E-state index in [2.05, 4.69) is 0 Å². The van der Waals surface area contributed by atoms with Gasteiger partial charge in [0.25, 0.3) is 0 Å². The Labute approximate surface area is 168 Å². The van der Waals surface area contributed by atoms with Crippen molar-refractivity contribution >= 4 is 17.7 Å². The van der Waals surface area contributed by atoms with Gasteiger partial charge in [-0.15, -0.1) is 0 Å². The maximum atomic E-state index is 13.7. The first-order chi connectivity index (χ1) is 13.9. The third-order valence-electron chi connectivity index (χ3n) is 5.63. The second-order valence-corrected chi connectivity index (χ2v) is 7.21. The number of halogens is 1. The van der Waals surface area contributed by atoms with Gasteiger partial charge in [0.15, 0.2) is 5.78 Å². The number of carbonyl (C=O) groups is 3. The Bertz CT molecular complexity index is 880. The molecule has 7 heteroatoms. The first-order valence-electron chi connectivity index (χ1n) is 9.58. The van der Waals surface area contributed by atoms with Gasteiger partial charge < -0.3 is 14.0 Å². The van der Waals surface area contributed by atoms with Gasteiger partial charge in [-0.1, -0.05) is 19.3 Å². The number of methoxy groups -OCH3 is 2. The number of Topliss-reactive ketones (excluding diaryl/α,β-unsaturated/α-hetero) is 1. The Morgan fingerprint density at radius 3 is 2.10 bits per heavy atom. The Hall–Kier alpha value is -2.96. The Kier molecular flexibility index (Phi) is 6.15. The number of esters is 2. The van der Waals surface area contributed by atoms with Gasteiger partial charge in [0.1, 0.15) is 11.4 Å². The van der Waals surface area contributed by atoms with E-state index >= 15 is 0 Å². The molecule has 0 amide bonds. The first-order valence-corrected chi connectivity index (χ1v) is 9.58. The largest absolute Gasteiger partial charge is 0.468 e. The van der Waals surface area contributed by atoms with Crippen LogP contribution in [0.4, 0.5) is 4.39 Å². The molecular formula is C22H24FNO5. The molecule has 1 fully saturated rings. The van der Waals surface area contributed by atoms with Gasteiger partial charge in [0.2, 0.25) is 5.92 Å². The number of rotatable bonds is 6. The van der Waals surface area contributed by atoms with Gasteiger partial charge in [-0.3, -0.25) is 14.4 Å². The van der Waals surface area contributed by atoms with Crippen molar-refractivity contribution in [3.63, 3.8) is 0 Å². The lowest BCUT2D eigenvalue weighted by molar-refractivity contribution is -0.164. The van der Waals surface area contributed by atoms with Gasteiger partial charge in [-0.25, -0.2) is 4.39 Å². The molecule has 0 spiro atoms. The molecule has 29 heavy (non-hydrogen) atoms. The molecule has 0 atom stereocenters. The zero-order valence-corrected chi connectivity index (χ0v) is 16.5. The summed E-state index contributed by atoms with van der Waals surface area (Å²) in [4.78, 5) is 38.3. The minimum absolute atomic E-state index is 0.355.